The average molecular weight is 414 g/mol. The number of nitro groups is 1. The molecule has 2 aromatic carbocycles. The quantitative estimate of drug-likeness (QED) is 0.416. The molecule has 0 fully saturated rings. The van der Waals surface area contributed by atoms with E-state index in [2.05, 4.69) is 23.9 Å². The molecule has 0 radical (unpaired) electrons. The van der Waals surface area contributed by atoms with Gasteiger partial charge in [-0.25, -0.2) is 9.59 Å². The number of carbonyl (C=O) groups is 3. The van der Waals surface area contributed by atoms with Crippen LogP contribution in [0.25, 0.3) is 0 Å². The highest BCUT2D eigenvalue weighted by atomic mass is 16.6. The molecule has 0 aliphatic rings. The van der Waals surface area contributed by atoms with E-state index in [4.69, 9.17) is 4.74 Å². The summed E-state index contributed by atoms with van der Waals surface area (Å²) in [6.45, 7) is 5.47. The van der Waals surface area contributed by atoms with Crippen molar-refractivity contribution in [1.29, 1.82) is 0 Å². The molecule has 0 aromatic heterocycles. The van der Waals surface area contributed by atoms with E-state index < -0.39 is 34.6 Å². The van der Waals surface area contributed by atoms with E-state index in [0.717, 1.165) is 30.9 Å². The Hall–Kier alpha value is -3.75. The van der Waals surface area contributed by atoms with Crippen LogP contribution in [0.1, 0.15) is 53.0 Å². The molecular weight excluding hydrogens is 392 g/mol. The van der Waals surface area contributed by atoms with Crippen molar-refractivity contribution in [3.8, 4) is 0 Å². The van der Waals surface area contributed by atoms with Crippen LogP contribution in [0, 0.1) is 10.1 Å². The molecule has 158 valence electrons. The smallest absolute Gasteiger partial charge is 0.339 e. The summed E-state index contributed by atoms with van der Waals surface area (Å²) < 4.78 is 9.65. The normalized spacial score (nSPS) is 11.5. The van der Waals surface area contributed by atoms with E-state index in [1.807, 2.05) is 12.1 Å². The lowest BCUT2D eigenvalue weighted by molar-refractivity contribution is -0.384. The van der Waals surface area contributed by atoms with E-state index in [1.54, 1.807) is 12.1 Å². The molecule has 0 spiro atoms. The summed E-state index contributed by atoms with van der Waals surface area (Å²) in [4.78, 5) is 46.7. The molecule has 1 atom stereocenters. The Morgan fingerprint density at radius 3 is 2.03 bits per heavy atom. The maximum absolute atomic E-state index is 12.4. The number of nitrogens with one attached hydrogen (secondary N) is 1. The zero-order valence-electron chi connectivity index (χ0n) is 17.0. The lowest BCUT2D eigenvalue weighted by Crippen LogP contribution is -2.30. The van der Waals surface area contributed by atoms with E-state index in [0.29, 0.717) is 11.6 Å². The maximum atomic E-state index is 12.4. The second kappa shape index (κ2) is 9.64. The molecule has 30 heavy (non-hydrogen) atoms. The third-order valence-electron chi connectivity index (χ3n) is 4.28. The van der Waals surface area contributed by atoms with Gasteiger partial charge in [-0.3, -0.25) is 14.9 Å². The molecular formula is C21H22N2O7. The topological polar surface area (TPSA) is 125 Å². The average Bonchev–Trinajstić information content (AvgIpc) is 2.72. The van der Waals surface area contributed by atoms with Gasteiger partial charge in [0.05, 0.1) is 23.2 Å². The molecule has 0 unspecified atom stereocenters. The number of benzene rings is 2. The summed E-state index contributed by atoms with van der Waals surface area (Å²) in [5, 5.41) is 13.7. The summed E-state index contributed by atoms with van der Waals surface area (Å²) in [7, 11) is 1.11. The van der Waals surface area contributed by atoms with Crippen LogP contribution in [-0.2, 0) is 14.3 Å². The molecule has 0 aliphatic carbocycles. The molecule has 0 aliphatic heterocycles. The predicted molar refractivity (Wildman–Crippen MR) is 108 cm³/mol. The van der Waals surface area contributed by atoms with Crippen LogP contribution in [0.4, 0.5) is 11.4 Å². The second-order valence-corrected chi connectivity index (χ2v) is 6.83. The third-order valence-corrected chi connectivity index (χ3v) is 4.28. The molecule has 9 heteroatoms. The maximum Gasteiger partial charge on any atom is 0.339 e. The van der Waals surface area contributed by atoms with Crippen molar-refractivity contribution in [3.05, 3.63) is 69.3 Å². The number of nitro benzene ring substituents is 1. The van der Waals surface area contributed by atoms with Crippen molar-refractivity contribution in [2.45, 2.75) is 32.8 Å². The number of hydrogen-bond acceptors (Lipinski definition) is 7. The van der Waals surface area contributed by atoms with Crippen LogP contribution >= 0.6 is 0 Å². The first-order valence-corrected chi connectivity index (χ1v) is 9.12. The fourth-order valence-corrected chi connectivity index (χ4v) is 2.55. The number of carbonyl (C=O) groups excluding carboxylic acids is 3. The molecule has 0 saturated carbocycles. The van der Waals surface area contributed by atoms with Crippen molar-refractivity contribution in [2.75, 3.05) is 12.4 Å². The van der Waals surface area contributed by atoms with Crippen molar-refractivity contribution >= 4 is 29.2 Å². The van der Waals surface area contributed by atoms with Gasteiger partial charge >= 0.3 is 11.9 Å². The van der Waals surface area contributed by atoms with Crippen molar-refractivity contribution in [1.82, 2.24) is 0 Å². The van der Waals surface area contributed by atoms with E-state index in [9.17, 15) is 24.5 Å². The number of anilines is 1. The Morgan fingerprint density at radius 2 is 1.53 bits per heavy atom. The second-order valence-electron chi connectivity index (χ2n) is 6.83. The lowest BCUT2D eigenvalue weighted by Gasteiger charge is -2.14. The van der Waals surface area contributed by atoms with Gasteiger partial charge in [-0.15, -0.1) is 0 Å². The van der Waals surface area contributed by atoms with E-state index >= 15 is 0 Å². The third kappa shape index (κ3) is 5.63. The van der Waals surface area contributed by atoms with Gasteiger partial charge in [-0.05, 0) is 36.6 Å². The summed E-state index contributed by atoms with van der Waals surface area (Å²) in [6.07, 6.45) is -1.18. The zero-order chi connectivity index (χ0) is 22.4. The number of esters is 2. The first-order valence-electron chi connectivity index (χ1n) is 9.12. The number of non-ortho nitro benzene ring substituents is 1. The summed E-state index contributed by atoms with van der Waals surface area (Å²) in [5.74, 6) is -2.05. The molecule has 9 nitrogen and oxygen atoms in total. The van der Waals surface area contributed by atoms with Gasteiger partial charge in [0, 0.05) is 17.8 Å². The highest BCUT2D eigenvalue weighted by molar-refractivity contribution is 5.99. The summed E-state index contributed by atoms with van der Waals surface area (Å²) in [5.41, 5.74) is 0.744. The summed E-state index contributed by atoms with van der Waals surface area (Å²) >= 11 is 0. The van der Waals surface area contributed by atoms with Crippen molar-refractivity contribution < 1.29 is 28.8 Å². The minimum atomic E-state index is -1.18. The van der Waals surface area contributed by atoms with Crippen LogP contribution in [-0.4, -0.2) is 36.0 Å². The Kier molecular flexibility index (Phi) is 7.24. The molecule has 0 saturated heterocycles. The molecule has 0 heterocycles. The molecule has 2 aromatic rings. The largest absolute Gasteiger partial charge is 0.465 e. The molecule has 2 rings (SSSR count). The van der Waals surface area contributed by atoms with Crippen molar-refractivity contribution in [3.63, 3.8) is 0 Å². The Bertz CT molecular complexity index is 968. The number of rotatable bonds is 7. The van der Waals surface area contributed by atoms with Gasteiger partial charge in [0.15, 0.2) is 6.10 Å². The Balaban J connectivity index is 2.12. The van der Waals surface area contributed by atoms with Crippen LogP contribution in [0.5, 0.6) is 0 Å². The highest BCUT2D eigenvalue weighted by Gasteiger charge is 2.23. The summed E-state index contributed by atoms with van der Waals surface area (Å²) in [6, 6.07) is 10.3. The van der Waals surface area contributed by atoms with Crippen LogP contribution in [0.15, 0.2) is 42.5 Å². The van der Waals surface area contributed by atoms with Gasteiger partial charge in [-0.1, -0.05) is 26.0 Å². The van der Waals surface area contributed by atoms with Gasteiger partial charge in [-0.2, -0.15) is 0 Å². The fourth-order valence-electron chi connectivity index (χ4n) is 2.55. The fraction of sp³-hybridized carbons (Fsp3) is 0.286. The standard InChI is InChI=1S/C21H22N2O7/c1-12(2)14-5-7-17(8-6-14)22-19(24)13(3)30-21(26)16-9-15(20(25)29-4)10-18(11-16)23(27)28/h5-13H,1-4H3,(H,22,24)/t13-/m1/s1. The number of methoxy groups -OCH3 is 1. The van der Waals surface area contributed by atoms with Gasteiger partial charge < -0.3 is 14.8 Å². The van der Waals surface area contributed by atoms with E-state index in [1.165, 1.54) is 6.92 Å². The predicted octanol–water partition coefficient (Wildman–Crippen LogP) is 3.69. The number of hydrogen-bond donors (Lipinski definition) is 1. The Labute approximate surface area is 173 Å². The van der Waals surface area contributed by atoms with Gasteiger partial charge in [0.25, 0.3) is 11.6 Å². The van der Waals surface area contributed by atoms with Crippen LogP contribution < -0.4 is 5.32 Å². The SMILES string of the molecule is COC(=O)c1cc(C(=O)O[C@H](C)C(=O)Nc2ccc(C(C)C)cc2)cc([N+](=O)[O-])c1. The van der Waals surface area contributed by atoms with E-state index in [-0.39, 0.29) is 11.1 Å². The Morgan fingerprint density at radius 1 is 0.967 bits per heavy atom. The van der Waals surface area contributed by atoms with Crippen LogP contribution in [0.2, 0.25) is 0 Å². The zero-order valence-corrected chi connectivity index (χ0v) is 17.0. The molecule has 1 amide bonds. The van der Waals surface area contributed by atoms with Crippen molar-refractivity contribution in [2.24, 2.45) is 0 Å². The van der Waals surface area contributed by atoms with Gasteiger partial charge in [0.1, 0.15) is 0 Å². The molecule has 0 bridgehead atoms. The highest BCUT2D eigenvalue weighted by Crippen LogP contribution is 2.20. The number of amides is 1. The minimum Gasteiger partial charge on any atom is -0.465 e. The van der Waals surface area contributed by atoms with Crippen LogP contribution in [0.3, 0.4) is 0 Å². The molecule has 1 N–H and O–H groups in total. The first kappa shape index (κ1) is 22.5. The monoisotopic (exact) mass is 414 g/mol. The lowest BCUT2D eigenvalue weighted by atomic mass is 10.0. The van der Waals surface area contributed by atoms with Gasteiger partial charge in [0.2, 0.25) is 0 Å². The minimum absolute atomic E-state index is 0.180. The first-order chi connectivity index (χ1) is 14.1. The number of ether oxygens (including phenoxy) is 2. The number of nitrogens with zero attached hydrogens (tertiary/aromatic N) is 1.